The average molecular weight is 274 g/mol. The molecule has 1 fully saturated rings. The monoisotopic (exact) mass is 274 g/mol. The Balaban J connectivity index is 2.76. The summed E-state index contributed by atoms with van der Waals surface area (Å²) in [5.74, 6) is 0. The summed E-state index contributed by atoms with van der Waals surface area (Å²) in [5, 5.41) is 28.4. The van der Waals surface area contributed by atoms with Crippen LogP contribution in [0.15, 0.2) is 0 Å². The summed E-state index contributed by atoms with van der Waals surface area (Å²) in [6.45, 7) is -0.117. The Hall–Kier alpha value is -0.330. The van der Waals surface area contributed by atoms with Crippen LogP contribution in [0.3, 0.4) is 0 Å². The first-order valence-corrected chi connectivity index (χ1v) is 5.97. The minimum absolute atomic E-state index is 0.117. The maximum Gasteiger partial charge on any atom is 0.397 e. The Kier molecular flexibility index (Phi) is 4.80. The van der Waals surface area contributed by atoms with Gasteiger partial charge in [-0.05, 0) is 0 Å². The summed E-state index contributed by atoms with van der Waals surface area (Å²) in [7, 11) is -3.57. The molecule has 0 radical (unpaired) electrons. The van der Waals surface area contributed by atoms with Gasteiger partial charge in [0.2, 0.25) is 0 Å². The zero-order valence-electron chi connectivity index (χ0n) is 8.83. The van der Waals surface area contributed by atoms with Crippen molar-refractivity contribution in [3.8, 4) is 0 Å². The zero-order valence-corrected chi connectivity index (χ0v) is 9.65. The maximum absolute atomic E-state index is 10.5. The van der Waals surface area contributed by atoms with E-state index in [0.717, 1.165) is 0 Å². The van der Waals surface area contributed by atoms with Gasteiger partial charge < -0.3 is 24.8 Å². The Bertz CT molecular complexity index is 341. The third-order valence-electron chi connectivity index (χ3n) is 2.23. The van der Waals surface area contributed by atoms with Crippen molar-refractivity contribution >= 4 is 10.4 Å². The molecule has 102 valence electrons. The van der Waals surface area contributed by atoms with Crippen molar-refractivity contribution in [1.29, 1.82) is 0 Å². The quantitative estimate of drug-likeness (QED) is 0.401. The van der Waals surface area contributed by atoms with E-state index in [2.05, 4.69) is 8.92 Å². The van der Waals surface area contributed by atoms with E-state index in [4.69, 9.17) is 9.29 Å². The van der Waals surface area contributed by atoms with E-state index in [0.29, 0.717) is 0 Å². The number of aliphatic hydroxyl groups excluding tert-OH is 3. The van der Waals surface area contributed by atoms with Crippen molar-refractivity contribution in [2.75, 3.05) is 13.7 Å². The van der Waals surface area contributed by atoms with E-state index in [9.17, 15) is 23.7 Å². The lowest BCUT2D eigenvalue weighted by molar-refractivity contribution is -0.281. The SMILES string of the molecule is COC[C@H]1O[C@H](O)[C@H](OS(=O)(=O)O)[C@@H](O)[C@@H]1O. The molecule has 0 aromatic carbocycles. The summed E-state index contributed by atoms with van der Waals surface area (Å²) < 4.78 is 42.8. The highest BCUT2D eigenvalue weighted by molar-refractivity contribution is 7.80. The fourth-order valence-electron chi connectivity index (χ4n) is 1.47. The zero-order chi connectivity index (χ0) is 13.2. The smallest absolute Gasteiger partial charge is 0.387 e. The van der Waals surface area contributed by atoms with E-state index in [1.807, 2.05) is 0 Å². The molecule has 1 aliphatic heterocycles. The summed E-state index contributed by atoms with van der Waals surface area (Å²) in [5.41, 5.74) is 0. The molecule has 17 heavy (non-hydrogen) atoms. The van der Waals surface area contributed by atoms with Crippen LogP contribution >= 0.6 is 0 Å². The molecular formula is C7H14O9S. The number of ether oxygens (including phenoxy) is 2. The number of aliphatic hydroxyl groups is 3. The Morgan fingerprint density at radius 2 is 1.82 bits per heavy atom. The standard InChI is InChI=1S/C7H14O9S/c1-14-2-3-4(8)5(9)6(7(10)15-3)16-17(11,12)13/h3-10H,2H2,1H3,(H,11,12,13)/t3-,4-,5+,6-,7+/m1/s1. The molecule has 0 bridgehead atoms. The molecule has 0 unspecified atom stereocenters. The van der Waals surface area contributed by atoms with Gasteiger partial charge in [0.25, 0.3) is 0 Å². The van der Waals surface area contributed by atoms with Crippen molar-refractivity contribution in [2.45, 2.75) is 30.7 Å². The summed E-state index contributed by atoms with van der Waals surface area (Å²) in [6.07, 6.45) is -7.94. The largest absolute Gasteiger partial charge is 0.397 e. The normalized spacial score (nSPS) is 39.2. The van der Waals surface area contributed by atoms with Gasteiger partial charge in [-0.1, -0.05) is 0 Å². The number of methoxy groups -OCH3 is 1. The first kappa shape index (κ1) is 14.7. The second kappa shape index (κ2) is 5.54. The summed E-state index contributed by atoms with van der Waals surface area (Å²) >= 11 is 0. The molecule has 0 aromatic heterocycles. The van der Waals surface area contributed by atoms with Crippen LogP contribution in [0.5, 0.6) is 0 Å². The second-order valence-corrected chi connectivity index (χ2v) is 4.54. The van der Waals surface area contributed by atoms with Crippen molar-refractivity contribution in [2.24, 2.45) is 0 Å². The summed E-state index contributed by atoms with van der Waals surface area (Å²) in [6, 6.07) is 0. The van der Waals surface area contributed by atoms with Gasteiger partial charge in [-0.3, -0.25) is 4.55 Å². The predicted molar refractivity (Wildman–Crippen MR) is 51.2 cm³/mol. The lowest BCUT2D eigenvalue weighted by Gasteiger charge is -2.39. The van der Waals surface area contributed by atoms with Crippen LogP contribution in [0.1, 0.15) is 0 Å². The molecule has 0 aromatic rings. The molecule has 0 amide bonds. The molecule has 10 heteroatoms. The van der Waals surface area contributed by atoms with Crippen LogP contribution in [0, 0.1) is 0 Å². The second-order valence-electron chi connectivity index (χ2n) is 3.49. The summed E-state index contributed by atoms with van der Waals surface area (Å²) in [4.78, 5) is 0. The van der Waals surface area contributed by atoms with E-state index >= 15 is 0 Å². The topological polar surface area (TPSA) is 143 Å². The van der Waals surface area contributed by atoms with Gasteiger partial charge in [0.15, 0.2) is 12.4 Å². The molecule has 5 atom stereocenters. The molecule has 0 saturated carbocycles. The predicted octanol–water partition coefficient (Wildman–Crippen LogP) is -2.74. The van der Waals surface area contributed by atoms with Crippen LogP contribution in [-0.2, 0) is 24.1 Å². The van der Waals surface area contributed by atoms with Crippen LogP contribution in [0.2, 0.25) is 0 Å². The van der Waals surface area contributed by atoms with Gasteiger partial charge in [-0.15, -0.1) is 0 Å². The third-order valence-corrected chi connectivity index (χ3v) is 2.69. The van der Waals surface area contributed by atoms with Crippen LogP contribution < -0.4 is 0 Å². The average Bonchev–Trinajstić information content (AvgIpc) is 2.20. The molecular weight excluding hydrogens is 260 g/mol. The Morgan fingerprint density at radius 3 is 2.29 bits per heavy atom. The van der Waals surface area contributed by atoms with E-state index in [-0.39, 0.29) is 6.61 Å². The van der Waals surface area contributed by atoms with Crippen molar-refractivity contribution in [3.63, 3.8) is 0 Å². The highest BCUT2D eigenvalue weighted by Gasteiger charge is 2.46. The minimum atomic E-state index is -4.89. The van der Waals surface area contributed by atoms with Crippen molar-refractivity contribution < 1.29 is 41.9 Å². The van der Waals surface area contributed by atoms with Gasteiger partial charge in [0.05, 0.1) is 6.61 Å². The van der Waals surface area contributed by atoms with Crippen molar-refractivity contribution in [3.05, 3.63) is 0 Å². The third kappa shape index (κ3) is 3.82. The molecule has 1 aliphatic rings. The molecule has 1 heterocycles. The van der Waals surface area contributed by atoms with E-state index < -0.39 is 41.1 Å². The molecule has 9 nitrogen and oxygen atoms in total. The van der Waals surface area contributed by atoms with Gasteiger partial charge in [0.1, 0.15) is 18.3 Å². The van der Waals surface area contributed by atoms with Gasteiger partial charge in [-0.25, -0.2) is 4.18 Å². The minimum Gasteiger partial charge on any atom is -0.387 e. The van der Waals surface area contributed by atoms with Crippen LogP contribution in [0.4, 0.5) is 0 Å². The first-order chi connectivity index (χ1) is 7.76. The Labute approximate surface area is 97.5 Å². The number of hydrogen-bond acceptors (Lipinski definition) is 8. The lowest BCUT2D eigenvalue weighted by Crippen LogP contribution is -2.59. The van der Waals surface area contributed by atoms with E-state index in [1.165, 1.54) is 7.11 Å². The van der Waals surface area contributed by atoms with E-state index in [1.54, 1.807) is 0 Å². The molecule has 1 rings (SSSR count). The molecule has 4 N–H and O–H groups in total. The maximum atomic E-state index is 10.5. The van der Waals surface area contributed by atoms with Crippen molar-refractivity contribution in [1.82, 2.24) is 0 Å². The highest BCUT2D eigenvalue weighted by Crippen LogP contribution is 2.23. The molecule has 0 spiro atoms. The Morgan fingerprint density at radius 1 is 1.24 bits per heavy atom. The lowest BCUT2D eigenvalue weighted by atomic mass is 9.99. The van der Waals surface area contributed by atoms with Gasteiger partial charge in [0, 0.05) is 7.11 Å². The fourth-order valence-corrected chi connectivity index (χ4v) is 1.96. The molecule has 1 saturated heterocycles. The van der Waals surface area contributed by atoms with Gasteiger partial charge >= 0.3 is 10.4 Å². The molecule has 0 aliphatic carbocycles. The number of hydrogen-bond donors (Lipinski definition) is 4. The first-order valence-electron chi connectivity index (χ1n) is 4.60. The van der Waals surface area contributed by atoms with Crippen LogP contribution in [-0.4, -0.2) is 72.7 Å². The number of rotatable bonds is 4. The van der Waals surface area contributed by atoms with Gasteiger partial charge in [-0.2, -0.15) is 8.42 Å². The van der Waals surface area contributed by atoms with Crippen LogP contribution in [0.25, 0.3) is 0 Å². The highest BCUT2D eigenvalue weighted by atomic mass is 32.3. The fraction of sp³-hybridized carbons (Fsp3) is 1.00.